The highest BCUT2D eigenvalue weighted by atomic mass is 16.2. The minimum absolute atomic E-state index is 0.134. The van der Waals surface area contributed by atoms with Crippen LogP contribution in [-0.4, -0.2) is 47.8 Å². The summed E-state index contributed by atoms with van der Waals surface area (Å²) in [6.45, 7) is 3.29. The Bertz CT molecular complexity index is 1080. The van der Waals surface area contributed by atoms with Gasteiger partial charge in [-0.3, -0.25) is 9.59 Å². The molecule has 4 nitrogen and oxygen atoms in total. The molecule has 0 saturated carbocycles. The van der Waals surface area contributed by atoms with Crippen molar-refractivity contribution < 1.29 is 9.59 Å². The number of hydrogen-bond acceptors (Lipinski definition) is 2. The van der Waals surface area contributed by atoms with E-state index in [1.165, 1.54) is 11.1 Å². The summed E-state index contributed by atoms with van der Waals surface area (Å²) < 4.78 is 0. The van der Waals surface area contributed by atoms with Crippen LogP contribution in [0.15, 0.2) is 84.9 Å². The van der Waals surface area contributed by atoms with E-state index < -0.39 is 0 Å². The number of piperidine rings is 1. The van der Waals surface area contributed by atoms with Crippen LogP contribution in [-0.2, 0) is 6.42 Å². The molecule has 2 fully saturated rings. The van der Waals surface area contributed by atoms with Crippen LogP contribution in [0.5, 0.6) is 0 Å². The van der Waals surface area contributed by atoms with Gasteiger partial charge in [-0.15, -0.1) is 0 Å². The maximum atomic E-state index is 13.0. The molecule has 2 saturated heterocycles. The zero-order valence-corrected chi connectivity index (χ0v) is 18.9. The van der Waals surface area contributed by atoms with Gasteiger partial charge in [-0.05, 0) is 66.5 Å². The van der Waals surface area contributed by atoms with Crippen LogP contribution >= 0.6 is 0 Å². The minimum atomic E-state index is 0.134. The summed E-state index contributed by atoms with van der Waals surface area (Å²) in [6, 6.07) is 28.0. The lowest BCUT2D eigenvalue weighted by molar-refractivity contribution is 0.0228. The van der Waals surface area contributed by atoms with Gasteiger partial charge in [0.15, 0.2) is 0 Å². The fraction of sp³-hybridized carbons (Fsp3) is 0.310. The second kappa shape index (κ2) is 9.62. The van der Waals surface area contributed by atoms with Gasteiger partial charge in [0.05, 0.1) is 0 Å². The molecule has 4 heteroatoms. The van der Waals surface area contributed by atoms with Crippen molar-refractivity contribution in [2.75, 3.05) is 26.2 Å². The Morgan fingerprint density at radius 2 is 1.12 bits per heavy atom. The van der Waals surface area contributed by atoms with E-state index in [4.69, 9.17) is 0 Å². The smallest absolute Gasteiger partial charge is 0.253 e. The molecule has 2 aliphatic rings. The first-order chi connectivity index (χ1) is 16.2. The summed E-state index contributed by atoms with van der Waals surface area (Å²) in [5, 5.41) is 0. The average molecular weight is 439 g/mol. The Balaban J connectivity index is 1.10. The number of amides is 2. The van der Waals surface area contributed by atoms with Crippen LogP contribution in [0.2, 0.25) is 0 Å². The van der Waals surface area contributed by atoms with E-state index in [2.05, 4.69) is 36.4 Å². The predicted octanol–water partition coefficient (Wildman–Crippen LogP) is 4.90. The topological polar surface area (TPSA) is 40.6 Å². The van der Waals surface area contributed by atoms with Crippen LogP contribution < -0.4 is 0 Å². The molecule has 0 N–H and O–H groups in total. The highest BCUT2D eigenvalue weighted by Crippen LogP contribution is 2.33. The van der Waals surface area contributed by atoms with Gasteiger partial charge in [0.25, 0.3) is 11.8 Å². The van der Waals surface area contributed by atoms with Crippen LogP contribution in [0.4, 0.5) is 0 Å². The lowest BCUT2D eigenvalue weighted by atomic mass is 9.79. The number of benzene rings is 3. The van der Waals surface area contributed by atoms with Crippen molar-refractivity contribution in [1.29, 1.82) is 0 Å². The maximum Gasteiger partial charge on any atom is 0.253 e. The Morgan fingerprint density at radius 3 is 1.76 bits per heavy atom. The second-order valence-electron chi connectivity index (χ2n) is 9.33. The zero-order valence-electron chi connectivity index (χ0n) is 18.9. The van der Waals surface area contributed by atoms with Gasteiger partial charge in [-0.25, -0.2) is 0 Å². The van der Waals surface area contributed by atoms with Crippen molar-refractivity contribution in [2.45, 2.75) is 19.3 Å². The molecule has 0 spiro atoms. The number of hydrogen-bond donors (Lipinski definition) is 0. The summed E-state index contributed by atoms with van der Waals surface area (Å²) in [7, 11) is 0. The third kappa shape index (κ3) is 4.85. The zero-order chi connectivity index (χ0) is 22.6. The molecule has 3 aromatic carbocycles. The van der Waals surface area contributed by atoms with E-state index in [0.717, 1.165) is 56.6 Å². The van der Waals surface area contributed by atoms with Crippen molar-refractivity contribution in [1.82, 2.24) is 9.80 Å². The molecule has 168 valence electrons. The molecule has 2 heterocycles. The predicted molar refractivity (Wildman–Crippen MR) is 130 cm³/mol. The summed E-state index contributed by atoms with van der Waals surface area (Å²) >= 11 is 0. The van der Waals surface area contributed by atoms with Gasteiger partial charge in [0.2, 0.25) is 0 Å². The van der Waals surface area contributed by atoms with Gasteiger partial charge in [-0.1, -0.05) is 60.7 Å². The Labute approximate surface area is 195 Å². The monoisotopic (exact) mass is 438 g/mol. The fourth-order valence-corrected chi connectivity index (χ4v) is 5.09. The highest BCUT2D eigenvalue weighted by molar-refractivity contribution is 5.95. The van der Waals surface area contributed by atoms with E-state index in [9.17, 15) is 9.59 Å². The summed E-state index contributed by atoms with van der Waals surface area (Å²) in [6.07, 6.45) is 2.93. The number of nitrogens with zero attached hydrogens (tertiary/aromatic N) is 2. The molecule has 2 amide bonds. The van der Waals surface area contributed by atoms with E-state index in [1.807, 2.05) is 58.3 Å². The third-order valence-electron chi connectivity index (χ3n) is 7.16. The van der Waals surface area contributed by atoms with Crippen molar-refractivity contribution in [3.05, 3.63) is 107 Å². The van der Waals surface area contributed by atoms with Crippen LogP contribution in [0, 0.1) is 11.8 Å². The molecule has 0 bridgehead atoms. The van der Waals surface area contributed by atoms with E-state index in [1.54, 1.807) is 0 Å². The lowest BCUT2D eigenvalue weighted by Gasteiger charge is -2.46. The van der Waals surface area contributed by atoms with Crippen molar-refractivity contribution >= 4 is 11.8 Å². The molecule has 5 rings (SSSR count). The number of carbonyl (C=O) groups is 2. The molecule has 3 aromatic rings. The Kier molecular flexibility index (Phi) is 6.25. The molecule has 0 atom stereocenters. The third-order valence-corrected chi connectivity index (χ3v) is 7.16. The largest absolute Gasteiger partial charge is 0.339 e. The first-order valence-electron chi connectivity index (χ1n) is 11.9. The van der Waals surface area contributed by atoms with Gasteiger partial charge in [-0.2, -0.15) is 0 Å². The van der Waals surface area contributed by atoms with Crippen molar-refractivity contribution in [3.8, 4) is 0 Å². The number of carbonyl (C=O) groups excluding carboxylic acids is 2. The van der Waals surface area contributed by atoms with E-state index in [0.29, 0.717) is 11.8 Å². The molecule has 0 unspecified atom stereocenters. The SMILES string of the molecule is O=C(c1ccc(Cc2ccccc2)cc1)N1CCC(C2CN(C(=O)c3ccccc3)C2)CC1. The summed E-state index contributed by atoms with van der Waals surface area (Å²) in [4.78, 5) is 29.5. The lowest BCUT2D eigenvalue weighted by Crippen LogP contribution is -2.54. The van der Waals surface area contributed by atoms with Crippen molar-refractivity contribution in [3.63, 3.8) is 0 Å². The normalized spacial score (nSPS) is 17.0. The Morgan fingerprint density at radius 1 is 0.606 bits per heavy atom. The van der Waals surface area contributed by atoms with E-state index in [-0.39, 0.29) is 11.8 Å². The fourth-order valence-electron chi connectivity index (χ4n) is 5.09. The molecule has 0 radical (unpaired) electrons. The molecule has 0 aliphatic carbocycles. The summed E-state index contributed by atoms with van der Waals surface area (Å²) in [5.74, 6) is 1.43. The number of likely N-dealkylation sites (tertiary alicyclic amines) is 2. The van der Waals surface area contributed by atoms with Crippen molar-refractivity contribution in [2.24, 2.45) is 11.8 Å². The average Bonchev–Trinajstić information content (AvgIpc) is 2.85. The first-order valence-corrected chi connectivity index (χ1v) is 11.9. The minimum Gasteiger partial charge on any atom is -0.339 e. The van der Waals surface area contributed by atoms with Gasteiger partial charge in [0.1, 0.15) is 0 Å². The van der Waals surface area contributed by atoms with Gasteiger partial charge < -0.3 is 9.80 Å². The molecule has 0 aromatic heterocycles. The molecular formula is C29H30N2O2. The first kappa shape index (κ1) is 21.4. The van der Waals surface area contributed by atoms with Gasteiger partial charge in [0, 0.05) is 37.3 Å². The molecule has 33 heavy (non-hydrogen) atoms. The van der Waals surface area contributed by atoms with Crippen LogP contribution in [0.25, 0.3) is 0 Å². The standard InChI is InChI=1S/C29H30N2O2/c32-28(26-13-11-23(12-14-26)19-22-7-3-1-4-8-22)30-17-15-24(16-18-30)27-20-31(21-27)29(33)25-9-5-2-6-10-25/h1-14,24,27H,15-21H2. The quantitative estimate of drug-likeness (QED) is 0.568. The van der Waals surface area contributed by atoms with Crippen LogP contribution in [0.3, 0.4) is 0 Å². The Hall–Kier alpha value is -3.40. The summed E-state index contributed by atoms with van der Waals surface area (Å²) in [5.41, 5.74) is 4.04. The second-order valence-corrected chi connectivity index (χ2v) is 9.33. The van der Waals surface area contributed by atoms with E-state index >= 15 is 0 Å². The molecular weight excluding hydrogens is 408 g/mol. The van der Waals surface area contributed by atoms with Gasteiger partial charge >= 0.3 is 0 Å². The number of rotatable bonds is 5. The van der Waals surface area contributed by atoms with Crippen LogP contribution in [0.1, 0.15) is 44.7 Å². The maximum absolute atomic E-state index is 13.0. The highest BCUT2D eigenvalue weighted by Gasteiger charge is 2.38. The molecule has 2 aliphatic heterocycles.